The average Bonchev–Trinajstić information content (AvgIpc) is 2.20. The van der Waals surface area contributed by atoms with E-state index in [0.29, 0.717) is 5.56 Å². The molecule has 3 heteroatoms. The second kappa shape index (κ2) is 3.83. The molecule has 1 aliphatic heterocycles. The van der Waals surface area contributed by atoms with Crippen molar-refractivity contribution in [2.75, 3.05) is 6.54 Å². The van der Waals surface area contributed by atoms with Gasteiger partial charge >= 0.3 is 0 Å². The zero-order chi connectivity index (χ0) is 9.10. The molecule has 0 aliphatic carbocycles. The van der Waals surface area contributed by atoms with Gasteiger partial charge in [0.1, 0.15) is 0 Å². The summed E-state index contributed by atoms with van der Waals surface area (Å²) in [4.78, 5) is 3.65. The van der Waals surface area contributed by atoms with Crippen LogP contribution in [0, 0.1) is 5.95 Å². The monoisotopic (exact) mass is 180 g/mol. The summed E-state index contributed by atoms with van der Waals surface area (Å²) in [6.45, 7) is 0.985. The molecular weight excluding hydrogens is 167 g/mol. The van der Waals surface area contributed by atoms with E-state index in [1.165, 1.54) is 19.0 Å². The highest BCUT2D eigenvalue weighted by atomic mass is 19.1. The summed E-state index contributed by atoms with van der Waals surface area (Å²) in [5, 5.41) is 3.30. The quantitative estimate of drug-likeness (QED) is 0.669. The number of hydrogen-bond acceptors (Lipinski definition) is 2. The highest BCUT2D eigenvalue weighted by Crippen LogP contribution is 2.23. The largest absolute Gasteiger partial charge is 0.310 e. The first-order valence-electron chi connectivity index (χ1n) is 4.72. The Morgan fingerprint density at radius 2 is 2.38 bits per heavy atom. The Bertz CT molecular complexity index is 282. The number of pyridine rings is 1. The van der Waals surface area contributed by atoms with Crippen LogP contribution >= 0.6 is 0 Å². The number of nitrogens with zero attached hydrogens (tertiary/aromatic N) is 1. The minimum Gasteiger partial charge on any atom is -0.310 e. The van der Waals surface area contributed by atoms with Crippen LogP contribution in [0.15, 0.2) is 18.3 Å². The van der Waals surface area contributed by atoms with Crippen LogP contribution in [0.25, 0.3) is 0 Å². The predicted molar refractivity (Wildman–Crippen MR) is 48.8 cm³/mol. The SMILES string of the molecule is Fc1ncccc1[C@@H]1CCCCN1. The van der Waals surface area contributed by atoms with Crippen molar-refractivity contribution < 1.29 is 4.39 Å². The van der Waals surface area contributed by atoms with E-state index in [2.05, 4.69) is 10.3 Å². The lowest BCUT2D eigenvalue weighted by Gasteiger charge is -2.23. The zero-order valence-electron chi connectivity index (χ0n) is 7.46. The van der Waals surface area contributed by atoms with Crippen LogP contribution in [0.2, 0.25) is 0 Å². The van der Waals surface area contributed by atoms with Gasteiger partial charge in [0.25, 0.3) is 0 Å². The molecule has 1 aromatic rings. The van der Waals surface area contributed by atoms with Gasteiger partial charge in [-0.05, 0) is 25.5 Å². The first kappa shape index (κ1) is 8.63. The number of piperidine rings is 1. The van der Waals surface area contributed by atoms with Gasteiger partial charge in [-0.1, -0.05) is 12.5 Å². The number of hydrogen-bond donors (Lipinski definition) is 1. The van der Waals surface area contributed by atoms with E-state index in [1.54, 1.807) is 6.07 Å². The van der Waals surface area contributed by atoms with E-state index in [1.807, 2.05) is 6.07 Å². The minimum absolute atomic E-state index is 0.169. The molecule has 70 valence electrons. The van der Waals surface area contributed by atoms with Crippen LogP contribution in [0.4, 0.5) is 4.39 Å². The summed E-state index contributed by atoms with van der Waals surface area (Å²) in [5.41, 5.74) is 0.710. The minimum atomic E-state index is -0.332. The smallest absolute Gasteiger partial charge is 0.217 e. The van der Waals surface area contributed by atoms with Gasteiger partial charge in [0.2, 0.25) is 5.95 Å². The second-order valence-corrected chi connectivity index (χ2v) is 3.39. The van der Waals surface area contributed by atoms with Crippen LogP contribution in [0.1, 0.15) is 30.9 Å². The Labute approximate surface area is 77.2 Å². The van der Waals surface area contributed by atoms with Crippen LogP contribution < -0.4 is 5.32 Å². The van der Waals surface area contributed by atoms with Gasteiger partial charge in [0.05, 0.1) is 0 Å². The molecule has 1 saturated heterocycles. The normalized spacial score (nSPS) is 23.0. The van der Waals surface area contributed by atoms with E-state index in [-0.39, 0.29) is 12.0 Å². The average molecular weight is 180 g/mol. The van der Waals surface area contributed by atoms with Crippen molar-refractivity contribution >= 4 is 0 Å². The molecule has 0 unspecified atom stereocenters. The van der Waals surface area contributed by atoms with E-state index < -0.39 is 0 Å². The first-order valence-corrected chi connectivity index (χ1v) is 4.72. The van der Waals surface area contributed by atoms with Gasteiger partial charge in [-0.25, -0.2) is 4.98 Å². The summed E-state index contributed by atoms with van der Waals surface area (Å²) in [6, 6.07) is 3.77. The molecule has 0 amide bonds. The summed E-state index contributed by atoms with van der Waals surface area (Å²) >= 11 is 0. The van der Waals surface area contributed by atoms with Crippen molar-refractivity contribution in [3.8, 4) is 0 Å². The fourth-order valence-corrected chi connectivity index (χ4v) is 1.78. The van der Waals surface area contributed by atoms with Crippen LogP contribution in [-0.2, 0) is 0 Å². The number of nitrogens with one attached hydrogen (secondary N) is 1. The maximum Gasteiger partial charge on any atom is 0.217 e. The highest BCUT2D eigenvalue weighted by molar-refractivity contribution is 5.16. The third-order valence-electron chi connectivity index (χ3n) is 2.47. The van der Waals surface area contributed by atoms with E-state index in [4.69, 9.17) is 0 Å². The van der Waals surface area contributed by atoms with Gasteiger partial charge in [-0.3, -0.25) is 0 Å². The molecule has 1 aromatic heterocycles. The van der Waals surface area contributed by atoms with Gasteiger partial charge in [0.15, 0.2) is 0 Å². The molecule has 1 N–H and O–H groups in total. The molecule has 0 bridgehead atoms. The summed E-state index contributed by atoms with van der Waals surface area (Å²) in [5.74, 6) is -0.332. The Balaban J connectivity index is 2.18. The fourth-order valence-electron chi connectivity index (χ4n) is 1.78. The fraction of sp³-hybridized carbons (Fsp3) is 0.500. The van der Waals surface area contributed by atoms with E-state index in [9.17, 15) is 4.39 Å². The Morgan fingerprint density at radius 1 is 1.46 bits per heavy atom. The van der Waals surface area contributed by atoms with E-state index >= 15 is 0 Å². The lowest BCUT2D eigenvalue weighted by molar-refractivity contribution is 0.395. The summed E-state index contributed by atoms with van der Waals surface area (Å²) in [6.07, 6.45) is 4.87. The maximum absolute atomic E-state index is 13.2. The number of rotatable bonds is 1. The summed E-state index contributed by atoms with van der Waals surface area (Å²) < 4.78 is 13.2. The Morgan fingerprint density at radius 3 is 3.08 bits per heavy atom. The molecule has 0 radical (unpaired) electrons. The molecule has 0 saturated carbocycles. The van der Waals surface area contributed by atoms with Gasteiger partial charge in [-0.15, -0.1) is 0 Å². The van der Waals surface area contributed by atoms with Crippen molar-refractivity contribution in [2.24, 2.45) is 0 Å². The third kappa shape index (κ3) is 1.86. The van der Waals surface area contributed by atoms with Crippen molar-refractivity contribution in [2.45, 2.75) is 25.3 Å². The molecule has 1 aliphatic rings. The second-order valence-electron chi connectivity index (χ2n) is 3.39. The molecule has 1 fully saturated rings. The molecule has 2 heterocycles. The van der Waals surface area contributed by atoms with Crippen molar-refractivity contribution in [1.29, 1.82) is 0 Å². The van der Waals surface area contributed by atoms with Crippen LogP contribution in [-0.4, -0.2) is 11.5 Å². The number of halogens is 1. The predicted octanol–water partition coefficient (Wildman–Crippen LogP) is 2.04. The van der Waals surface area contributed by atoms with Gasteiger partial charge < -0.3 is 5.32 Å². The van der Waals surface area contributed by atoms with Crippen molar-refractivity contribution in [1.82, 2.24) is 10.3 Å². The molecular formula is C10H13FN2. The third-order valence-corrected chi connectivity index (χ3v) is 2.47. The molecule has 2 rings (SSSR count). The topological polar surface area (TPSA) is 24.9 Å². The van der Waals surface area contributed by atoms with Gasteiger partial charge in [0, 0.05) is 17.8 Å². The lowest BCUT2D eigenvalue weighted by Crippen LogP contribution is -2.27. The van der Waals surface area contributed by atoms with Crippen molar-refractivity contribution in [3.05, 3.63) is 29.8 Å². The summed E-state index contributed by atoms with van der Waals surface area (Å²) in [7, 11) is 0. The van der Waals surface area contributed by atoms with Crippen LogP contribution in [0.5, 0.6) is 0 Å². The van der Waals surface area contributed by atoms with Crippen molar-refractivity contribution in [3.63, 3.8) is 0 Å². The standard InChI is InChI=1S/C10H13FN2/c11-10-8(4-3-7-13-10)9-5-1-2-6-12-9/h3-4,7,9,12H,1-2,5-6H2/t9-/m0/s1. The Kier molecular flexibility index (Phi) is 2.54. The number of aromatic nitrogens is 1. The first-order chi connectivity index (χ1) is 6.38. The van der Waals surface area contributed by atoms with E-state index in [0.717, 1.165) is 13.0 Å². The Hall–Kier alpha value is -0.960. The molecule has 13 heavy (non-hydrogen) atoms. The maximum atomic E-state index is 13.2. The highest BCUT2D eigenvalue weighted by Gasteiger charge is 2.17. The zero-order valence-corrected chi connectivity index (χ0v) is 7.46. The molecule has 2 nitrogen and oxygen atoms in total. The molecule has 0 aromatic carbocycles. The van der Waals surface area contributed by atoms with Crippen LogP contribution in [0.3, 0.4) is 0 Å². The molecule has 1 atom stereocenters. The molecule has 0 spiro atoms. The van der Waals surface area contributed by atoms with Gasteiger partial charge in [-0.2, -0.15) is 4.39 Å². The lowest BCUT2D eigenvalue weighted by atomic mass is 9.99.